The molecule has 2 aromatic rings. The normalized spacial score (nSPS) is 28.6. The maximum Gasteiger partial charge on any atom is 0.224 e. The molecule has 0 aromatic carbocycles. The van der Waals surface area contributed by atoms with E-state index < -0.39 is 0 Å². The van der Waals surface area contributed by atoms with E-state index in [1.165, 1.54) is 37.9 Å². The van der Waals surface area contributed by atoms with Crippen LogP contribution in [0.25, 0.3) is 0 Å². The fourth-order valence-electron chi connectivity index (χ4n) is 4.15. The van der Waals surface area contributed by atoms with Crippen molar-refractivity contribution in [2.45, 2.75) is 37.6 Å². The number of hydrogen-bond acceptors (Lipinski definition) is 6. The Morgan fingerprint density at radius 1 is 1.33 bits per heavy atom. The second-order valence-corrected chi connectivity index (χ2v) is 7.70. The number of anilines is 3. The van der Waals surface area contributed by atoms with Crippen molar-refractivity contribution >= 4 is 17.6 Å². The molecule has 0 spiro atoms. The maximum absolute atomic E-state index is 4.57. The molecule has 4 fully saturated rings. The highest BCUT2D eigenvalue weighted by molar-refractivity contribution is 5.53. The van der Waals surface area contributed by atoms with E-state index in [4.69, 9.17) is 0 Å². The Morgan fingerprint density at radius 2 is 2.21 bits per heavy atom. The van der Waals surface area contributed by atoms with Crippen molar-refractivity contribution in [2.24, 2.45) is 5.41 Å². The third-order valence-corrected chi connectivity index (χ3v) is 5.69. The van der Waals surface area contributed by atoms with Crippen LogP contribution in [0.4, 0.5) is 17.6 Å². The van der Waals surface area contributed by atoms with Crippen LogP contribution >= 0.6 is 0 Å². The van der Waals surface area contributed by atoms with Crippen LogP contribution in [0.1, 0.15) is 37.3 Å². The van der Waals surface area contributed by atoms with Gasteiger partial charge in [0.25, 0.3) is 0 Å². The van der Waals surface area contributed by atoms with Gasteiger partial charge in [-0.25, -0.2) is 4.98 Å². The molecule has 0 unspecified atom stereocenters. The predicted molar refractivity (Wildman–Crippen MR) is 92.5 cm³/mol. The Labute approximate surface area is 141 Å². The SMILES string of the molecule is CN1CC2(CNc3nccc(Nc4cc(C5CC5)[nH]n4)n3)CC1C2. The van der Waals surface area contributed by atoms with E-state index in [0.29, 0.717) is 17.3 Å². The smallest absolute Gasteiger partial charge is 0.224 e. The van der Waals surface area contributed by atoms with E-state index in [0.717, 1.165) is 24.2 Å². The molecule has 2 saturated heterocycles. The molecule has 126 valence electrons. The first-order valence-electron chi connectivity index (χ1n) is 8.79. The van der Waals surface area contributed by atoms with Crippen molar-refractivity contribution in [1.29, 1.82) is 0 Å². The summed E-state index contributed by atoms with van der Waals surface area (Å²) in [5, 5.41) is 14.1. The quantitative estimate of drug-likeness (QED) is 0.756. The molecule has 0 atom stereocenters. The van der Waals surface area contributed by atoms with E-state index in [1.54, 1.807) is 6.20 Å². The van der Waals surface area contributed by atoms with Gasteiger partial charge in [-0.15, -0.1) is 0 Å². The molecule has 0 amide bonds. The van der Waals surface area contributed by atoms with Gasteiger partial charge in [-0.05, 0) is 38.8 Å². The number of nitrogens with one attached hydrogen (secondary N) is 3. The summed E-state index contributed by atoms with van der Waals surface area (Å²) in [7, 11) is 2.22. The van der Waals surface area contributed by atoms with Crippen molar-refractivity contribution in [3.05, 3.63) is 24.0 Å². The van der Waals surface area contributed by atoms with Gasteiger partial charge in [0.1, 0.15) is 5.82 Å². The molecule has 4 aliphatic rings. The highest BCUT2D eigenvalue weighted by Crippen LogP contribution is 2.50. The lowest BCUT2D eigenvalue weighted by atomic mass is 9.70. The molecular formula is C17H23N7. The lowest BCUT2D eigenvalue weighted by molar-refractivity contribution is 0.198. The van der Waals surface area contributed by atoms with E-state index in [1.807, 2.05) is 6.07 Å². The largest absolute Gasteiger partial charge is 0.354 e. The van der Waals surface area contributed by atoms with Gasteiger partial charge in [-0.1, -0.05) is 0 Å². The molecule has 2 bridgehead atoms. The third-order valence-electron chi connectivity index (χ3n) is 5.69. The van der Waals surface area contributed by atoms with Crippen molar-refractivity contribution in [3.63, 3.8) is 0 Å². The first-order chi connectivity index (χ1) is 11.7. The predicted octanol–water partition coefficient (Wildman–Crippen LogP) is 2.33. The second kappa shape index (κ2) is 5.17. The first-order valence-corrected chi connectivity index (χ1v) is 8.79. The summed E-state index contributed by atoms with van der Waals surface area (Å²) in [4.78, 5) is 11.4. The van der Waals surface area contributed by atoms with E-state index >= 15 is 0 Å². The number of H-pyrrole nitrogens is 1. The average Bonchev–Trinajstić information content (AvgIpc) is 3.10. The van der Waals surface area contributed by atoms with Gasteiger partial charge < -0.3 is 15.5 Å². The second-order valence-electron chi connectivity index (χ2n) is 7.70. The zero-order chi connectivity index (χ0) is 16.1. The Bertz CT molecular complexity index is 745. The molecule has 0 radical (unpaired) electrons. The molecule has 2 saturated carbocycles. The number of aromatic nitrogens is 4. The molecule has 7 nitrogen and oxygen atoms in total. The van der Waals surface area contributed by atoms with Crippen molar-refractivity contribution in [2.75, 3.05) is 30.8 Å². The topological polar surface area (TPSA) is 81.8 Å². The molecule has 3 N–H and O–H groups in total. The molecule has 2 aromatic heterocycles. The van der Waals surface area contributed by atoms with Crippen LogP contribution in [0.3, 0.4) is 0 Å². The Balaban J connectivity index is 1.22. The van der Waals surface area contributed by atoms with Crippen LogP contribution in [-0.2, 0) is 0 Å². The van der Waals surface area contributed by atoms with Crippen LogP contribution in [0.15, 0.2) is 18.3 Å². The number of fused-ring (bicyclic) bond motifs is 1. The Hall–Kier alpha value is -2.15. The minimum atomic E-state index is 0.424. The number of nitrogens with zero attached hydrogens (tertiary/aromatic N) is 4. The zero-order valence-corrected chi connectivity index (χ0v) is 13.9. The van der Waals surface area contributed by atoms with E-state index in [2.05, 4.69) is 48.8 Å². The molecule has 2 aliphatic heterocycles. The minimum absolute atomic E-state index is 0.424. The van der Waals surface area contributed by atoms with Gasteiger partial charge >= 0.3 is 0 Å². The summed E-state index contributed by atoms with van der Waals surface area (Å²) in [5.41, 5.74) is 1.64. The van der Waals surface area contributed by atoms with Crippen LogP contribution in [0, 0.1) is 5.41 Å². The van der Waals surface area contributed by atoms with Gasteiger partial charge in [0.15, 0.2) is 5.82 Å². The summed E-state index contributed by atoms with van der Waals surface area (Å²) in [6, 6.07) is 4.74. The van der Waals surface area contributed by atoms with Crippen LogP contribution in [0.2, 0.25) is 0 Å². The molecule has 4 heterocycles. The van der Waals surface area contributed by atoms with Crippen molar-refractivity contribution < 1.29 is 0 Å². The number of rotatable bonds is 6. The minimum Gasteiger partial charge on any atom is -0.354 e. The highest BCUT2D eigenvalue weighted by Gasteiger charge is 2.53. The average molecular weight is 325 g/mol. The monoisotopic (exact) mass is 325 g/mol. The fourth-order valence-corrected chi connectivity index (χ4v) is 4.15. The summed E-state index contributed by atoms with van der Waals surface area (Å²) in [5.74, 6) is 2.95. The van der Waals surface area contributed by atoms with E-state index in [-0.39, 0.29) is 0 Å². The standard InChI is InChI=1S/C17H23N7/c1-24-10-17(7-12(24)8-17)9-19-16-18-5-4-14(21-16)20-15-6-13(22-23-15)11-2-3-11/h4-6,11-12H,2-3,7-10H2,1H3,(H3,18,19,20,21,22,23). The number of hydrogen-bond donors (Lipinski definition) is 3. The molecule has 7 heteroatoms. The lowest BCUT2D eigenvalue weighted by Crippen LogP contribution is -2.39. The fraction of sp³-hybridized carbons (Fsp3) is 0.588. The van der Waals surface area contributed by atoms with Gasteiger partial charge in [-0.3, -0.25) is 5.10 Å². The van der Waals surface area contributed by atoms with Crippen LogP contribution in [-0.4, -0.2) is 51.2 Å². The Morgan fingerprint density at radius 3 is 2.96 bits per heavy atom. The van der Waals surface area contributed by atoms with E-state index in [9.17, 15) is 0 Å². The van der Waals surface area contributed by atoms with Gasteiger partial charge in [-0.2, -0.15) is 10.1 Å². The number of aromatic amines is 1. The van der Waals surface area contributed by atoms with Gasteiger partial charge in [0.05, 0.1) is 0 Å². The molecule has 24 heavy (non-hydrogen) atoms. The summed E-state index contributed by atoms with van der Waals surface area (Å²) < 4.78 is 0. The molecule has 6 rings (SSSR count). The maximum atomic E-state index is 4.57. The molecule has 2 aliphatic carbocycles. The third kappa shape index (κ3) is 2.53. The molecular weight excluding hydrogens is 302 g/mol. The van der Waals surface area contributed by atoms with Gasteiger partial charge in [0.2, 0.25) is 5.95 Å². The summed E-state index contributed by atoms with van der Waals surface area (Å²) >= 11 is 0. The lowest BCUT2D eigenvalue weighted by Gasteiger charge is -2.37. The van der Waals surface area contributed by atoms with Crippen molar-refractivity contribution in [1.82, 2.24) is 25.1 Å². The Kier molecular flexibility index (Phi) is 3.06. The first kappa shape index (κ1) is 14.2. The highest BCUT2D eigenvalue weighted by atomic mass is 15.2. The van der Waals surface area contributed by atoms with Gasteiger partial charge in [0, 0.05) is 48.4 Å². The summed E-state index contributed by atoms with van der Waals surface area (Å²) in [6.45, 7) is 2.13. The summed E-state index contributed by atoms with van der Waals surface area (Å²) in [6.07, 6.45) is 6.91. The van der Waals surface area contributed by atoms with Crippen LogP contribution < -0.4 is 10.6 Å². The van der Waals surface area contributed by atoms with Crippen molar-refractivity contribution in [3.8, 4) is 0 Å². The zero-order valence-electron chi connectivity index (χ0n) is 13.9. The van der Waals surface area contributed by atoms with Crippen LogP contribution in [0.5, 0.6) is 0 Å².